The average molecular weight is 378 g/mol. The van der Waals surface area contributed by atoms with Gasteiger partial charge in [-0.3, -0.25) is 4.90 Å². The molecule has 3 N–H and O–H groups in total. The fraction of sp³-hybridized carbons (Fsp3) is 0.333. The summed E-state index contributed by atoms with van der Waals surface area (Å²) in [5.74, 6) is -1.72. The lowest BCUT2D eigenvalue weighted by molar-refractivity contribution is -0.855. The van der Waals surface area contributed by atoms with Gasteiger partial charge in [0, 0.05) is 23.9 Å². The van der Waals surface area contributed by atoms with Crippen molar-refractivity contribution in [2.24, 2.45) is 0 Å². The molecule has 1 aromatic heterocycles. The Kier molecular flexibility index (Phi) is 4.13. The quantitative estimate of drug-likeness (QED) is 0.685. The number of aromatic nitrogens is 1. The number of hydrogen-bond acceptors (Lipinski definition) is 3. The summed E-state index contributed by atoms with van der Waals surface area (Å²) in [7, 11) is 0. The summed E-state index contributed by atoms with van der Waals surface area (Å²) >= 11 is 6.28. The predicted molar refractivity (Wildman–Crippen MR) is 93.9 cm³/mol. The molecule has 0 radical (unpaired) electrons. The number of fused-ring (bicyclic) bond motifs is 3. The van der Waals surface area contributed by atoms with Gasteiger partial charge in [0.05, 0.1) is 36.2 Å². The number of nitrogens with one attached hydrogen (secondary N) is 1. The summed E-state index contributed by atoms with van der Waals surface area (Å²) in [5.41, 5.74) is 3.26. The summed E-state index contributed by atoms with van der Waals surface area (Å²) in [4.78, 5) is 23.2. The van der Waals surface area contributed by atoms with Gasteiger partial charge in [0.25, 0.3) is 0 Å². The lowest BCUT2D eigenvalue weighted by Crippen LogP contribution is -3.11. The van der Waals surface area contributed by atoms with Crippen molar-refractivity contribution in [1.29, 1.82) is 0 Å². The van der Waals surface area contributed by atoms with Crippen molar-refractivity contribution < 1.29 is 29.4 Å². The Hall–Kier alpha value is -2.51. The Labute approximate surface area is 154 Å². The van der Waals surface area contributed by atoms with Crippen LogP contribution >= 0.6 is 11.6 Å². The molecule has 26 heavy (non-hydrogen) atoms. The average Bonchev–Trinajstić information content (AvgIpc) is 2.76. The number of quaternary nitrogens is 1. The van der Waals surface area contributed by atoms with Gasteiger partial charge in [-0.15, -0.1) is 0 Å². The third kappa shape index (κ3) is 2.64. The van der Waals surface area contributed by atoms with Gasteiger partial charge in [0.2, 0.25) is 5.70 Å². The summed E-state index contributed by atoms with van der Waals surface area (Å²) in [5, 5.41) is 20.0. The van der Waals surface area contributed by atoms with Crippen LogP contribution in [0.25, 0.3) is 10.9 Å². The third-order valence-corrected chi connectivity index (χ3v) is 5.43. The molecule has 2 aliphatic rings. The first-order valence-corrected chi connectivity index (χ1v) is 8.83. The molecule has 0 saturated carbocycles. The molecule has 0 aliphatic carbocycles. The maximum absolute atomic E-state index is 11.5. The highest BCUT2D eigenvalue weighted by molar-refractivity contribution is 6.33. The van der Waals surface area contributed by atoms with Gasteiger partial charge < -0.3 is 19.5 Å². The van der Waals surface area contributed by atoms with Gasteiger partial charge in [-0.05, 0) is 11.6 Å². The minimum absolute atomic E-state index is 0.0994. The molecule has 2 aromatic rings. The van der Waals surface area contributed by atoms with Crippen LogP contribution in [0.2, 0.25) is 5.02 Å². The van der Waals surface area contributed by atoms with E-state index in [1.807, 2.05) is 12.1 Å². The maximum Gasteiger partial charge on any atom is 0.390 e. The number of nitrogens with zero attached hydrogens (tertiary/aromatic N) is 1. The van der Waals surface area contributed by atoms with Crippen LogP contribution in [-0.4, -0.2) is 46.4 Å². The zero-order chi connectivity index (χ0) is 18.4. The highest BCUT2D eigenvalue weighted by Crippen LogP contribution is 2.40. The normalized spacial score (nSPS) is 19.6. The van der Waals surface area contributed by atoms with Gasteiger partial charge in [0.15, 0.2) is 5.75 Å². The number of aliphatic carboxylic acids is 2. The zero-order valence-electron chi connectivity index (χ0n) is 13.9. The Bertz CT molecular complexity index is 962. The molecule has 4 rings (SSSR count). The van der Waals surface area contributed by atoms with Gasteiger partial charge in [-0.25, -0.2) is 9.59 Å². The molecular formula is C18H18ClN2O5+. The second kappa shape index (κ2) is 6.34. The monoisotopic (exact) mass is 377 g/mol. The van der Waals surface area contributed by atoms with E-state index in [0.717, 1.165) is 23.5 Å². The largest absolute Gasteiger partial charge is 0.488 e. The van der Waals surface area contributed by atoms with E-state index in [-0.39, 0.29) is 5.70 Å². The summed E-state index contributed by atoms with van der Waals surface area (Å²) in [6.45, 7) is 2.32. The molecular weight excluding hydrogens is 360 g/mol. The molecule has 2 aliphatic heterocycles. The van der Waals surface area contributed by atoms with Gasteiger partial charge in [-0.2, -0.15) is 0 Å². The molecule has 0 spiro atoms. The number of rotatable bonds is 3. The van der Waals surface area contributed by atoms with Crippen LogP contribution in [0.4, 0.5) is 0 Å². The van der Waals surface area contributed by atoms with Crippen LogP contribution in [-0.2, 0) is 29.0 Å². The Morgan fingerprint density at radius 1 is 1.23 bits per heavy atom. The first kappa shape index (κ1) is 16.9. The molecule has 1 unspecified atom stereocenters. The van der Waals surface area contributed by atoms with Crippen LogP contribution < -0.4 is 9.64 Å². The molecule has 0 amide bonds. The van der Waals surface area contributed by atoms with Crippen LogP contribution in [0.5, 0.6) is 5.75 Å². The minimum Gasteiger partial charge on any atom is -0.488 e. The van der Waals surface area contributed by atoms with E-state index in [4.69, 9.17) is 21.4 Å². The lowest BCUT2D eigenvalue weighted by Gasteiger charge is -2.21. The van der Waals surface area contributed by atoms with Crippen molar-refractivity contribution in [3.05, 3.63) is 40.2 Å². The summed E-state index contributed by atoms with van der Waals surface area (Å²) in [6.07, 6.45) is 2.13. The topological polar surface area (TPSA) is 93.2 Å². The highest BCUT2D eigenvalue weighted by Gasteiger charge is 2.31. The standard InChI is InChI=1S/C18H17ClN2O5/c19-12-2-1-11-10-3-5-20(14(18(24)25)9-15(22)23)6-4-13(10)21-7-8-26-17(12)16(11)21/h1-2,9H,3-8H2,(H,22,23)(H,24,25)/p+1. The van der Waals surface area contributed by atoms with E-state index < -0.39 is 11.9 Å². The number of benzene rings is 1. The molecule has 0 fully saturated rings. The smallest absolute Gasteiger partial charge is 0.390 e. The molecule has 7 nitrogen and oxygen atoms in total. The predicted octanol–water partition coefficient (Wildman–Crippen LogP) is 0.724. The van der Waals surface area contributed by atoms with Gasteiger partial charge >= 0.3 is 11.9 Å². The first-order chi connectivity index (χ1) is 12.5. The fourth-order valence-corrected chi connectivity index (χ4v) is 4.28. The van der Waals surface area contributed by atoms with E-state index >= 15 is 0 Å². The van der Waals surface area contributed by atoms with E-state index in [0.29, 0.717) is 48.2 Å². The maximum atomic E-state index is 11.5. The van der Waals surface area contributed by atoms with Crippen LogP contribution in [0.15, 0.2) is 23.9 Å². The number of carboxylic acids is 2. The number of ether oxygens (including phenoxy) is 1. The van der Waals surface area contributed by atoms with E-state index in [2.05, 4.69) is 4.57 Å². The number of carboxylic acid groups (broad SMARTS) is 2. The van der Waals surface area contributed by atoms with Crippen molar-refractivity contribution in [2.75, 3.05) is 19.7 Å². The van der Waals surface area contributed by atoms with Crippen molar-refractivity contribution in [1.82, 2.24) is 4.57 Å². The molecule has 0 bridgehead atoms. The lowest BCUT2D eigenvalue weighted by atomic mass is 10.1. The molecule has 0 saturated heterocycles. The minimum atomic E-state index is -1.24. The van der Waals surface area contributed by atoms with Gasteiger partial charge in [-0.1, -0.05) is 17.7 Å². The Morgan fingerprint density at radius 2 is 2.00 bits per heavy atom. The highest BCUT2D eigenvalue weighted by atomic mass is 35.5. The summed E-state index contributed by atoms with van der Waals surface area (Å²) in [6, 6.07) is 3.82. The SMILES string of the molecule is O=C(O)C=C(C(=O)O)[NH+]1CCc2c(n3c4c(c(Cl)ccc24)OCC3)CC1. The molecule has 3 heterocycles. The van der Waals surface area contributed by atoms with Crippen LogP contribution in [0.1, 0.15) is 11.3 Å². The van der Waals surface area contributed by atoms with Crippen molar-refractivity contribution in [3.8, 4) is 5.75 Å². The third-order valence-electron chi connectivity index (χ3n) is 5.13. The molecule has 1 aromatic carbocycles. The fourth-order valence-electron chi connectivity index (χ4n) is 4.08. The second-order valence-corrected chi connectivity index (χ2v) is 6.91. The van der Waals surface area contributed by atoms with E-state index in [9.17, 15) is 14.7 Å². The van der Waals surface area contributed by atoms with Crippen molar-refractivity contribution in [3.63, 3.8) is 0 Å². The number of carbonyl (C=O) groups is 2. The molecule has 1 atom stereocenters. The number of halogens is 1. The zero-order valence-corrected chi connectivity index (χ0v) is 14.7. The van der Waals surface area contributed by atoms with Crippen molar-refractivity contribution in [2.45, 2.75) is 19.4 Å². The van der Waals surface area contributed by atoms with Crippen LogP contribution in [0.3, 0.4) is 0 Å². The Morgan fingerprint density at radius 3 is 2.73 bits per heavy atom. The Balaban J connectivity index is 1.75. The van der Waals surface area contributed by atoms with Crippen molar-refractivity contribution >= 4 is 34.4 Å². The molecule has 136 valence electrons. The number of hydrogen-bond donors (Lipinski definition) is 3. The van der Waals surface area contributed by atoms with E-state index in [1.54, 1.807) is 0 Å². The van der Waals surface area contributed by atoms with Crippen LogP contribution in [0, 0.1) is 0 Å². The first-order valence-electron chi connectivity index (χ1n) is 8.45. The second-order valence-electron chi connectivity index (χ2n) is 6.50. The van der Waals surface area contributed by atoms with Gasteiger partial charge in [0.1, 0.15) is 6.61 Å². The molecule has 8 heteroatoms. The van der Waals surface area contributed by atoms with E-state index in [1.165, 1.54) is 11.3 Å². The summed E-state index contributed by atoms with van der Waals surface area (Å²) < 4.78 is 7.98.